The number of amides is 1. The number of aromatic nitrogens is 1. The number of hydrogen-bond acceptors (Lipinski definition) is 5. The van der Waals surface area contributed by atoms with Crippen molar-refractivity contribution in [2.75, 3.05) is 31.1 Å². The molecule has 98 valence electrons. The predicted octanol–water partition coefficient (Wildman–Crippen LogP) is 1.76. The molecule has 1 N–H and O–H groups in total. The Labute approximate surface area is 115 Å². The molecule has 1 aromatic heterocycles. The highest BCUT2D eigenvalue weighted by atomic mass is 32.2. The van der Waals surface area contributed by atoms with Gasteiger partial charge in [0.15, 0.2) is 0 Å². The van der Waals surface area contributed by atoms with Gasteiger partial charge in [0.1, 0.15) is 10.7 Å². The zero-order valence-corrected chi connectivity index (χ0v) is 11.9. The van der Waals surface area contributed by atoms with Gasteiger partial charge in [-0.05, 0) is 19.4 Å². The van der Waals surface area contributed by atoms with Gasteiger partial charge in [-0.2, -0.15) is 11.8 Å². The third-order valence-electron chi connectivity index (χ3n) is 3.40. The summed E-state index contributed by atoms with van der Waals surface area (Å²) in [5.74, 6) is 2.20. The van der Waals surface area contributed by atoms with Crippen LogP contribution in [0.15, 0.2) is 5.38 Å². The highest BCUT2D eigenvalue weighted by Gasteiger charge is 2.24. The zero-order chi connectivity index (χ0) is 12.4. The van der Waals surface area contributed by atoms with Crippen molar-refractivity contribution in [2.24, 2.45) is 0 Å². The lowest BCUT2D eigenvalue weighted by molar-refractivity contribution is 0.0767. The van der Waals surface area contributed by atoms with Crippen LogP contribution < -0.4 is 5.32 Å². The minimum atomic E-state index is 0.107. The summed E-state index contributed by atoms with van der Waals surface area (Å²) in [6.07, 6.45) is 2.35. The van der Waals surface area contributed by atoms with Crippen molar-refractivity contribution in [3.63, 3.8) is 0 Å². The molecule has 3 rings (SSSR count). The number of nitrogens with zero attached hydrogens (tertiary/aromatic N) is 2. The Morgan fingerprint density at radius 3 is 3.00 bits per heavy atom. The lowest BCUT2D eigenvalue weighted by Crippen LogP contribution is -2.38. The van der Waals surface area contributed by atoms with Crippen LogP contribution >= 0.6 is 23.1 Å². The summed E-state index contributed by atoms with van der Waals surface area (Å²) in [6.45, 7) is 2.78. The van der Waals surface area contributed by atoms with E-state index < -0.39 is 0 Å². The summed E-state index contributed by atoms with van der Waals surface area (Å²) >= 11 is 3.53. The first-order chi connectivity index (χ1) is 8.84. The molecule has 0 bridgehead atoms. The number of thiazole rings is 1. The first-order valence-corrected chi connectivity index (χ1v) is 8.44. The van der Waals surface area contributed by atoms with E-state index in [0.717, 1.165) is 42.6 Å². The molecule has 0 aromatic carbocycles. The van der Waals surface area contributed by atoms with Crippen LogP contribution in [0.1, 0.15) is 34.4 Å². The molecule has 6 heteroatoms. The highest BCUT2D eigenvalue weighted by molar-refractivity contribution is 7.99. The molecule has 4 nitrogen and oxygen atoms in total. The number of rotatable bonds is 2. The molecule has 3 heterocycles. The second kappa shape index (κ2) is 5.59. The van der Waals surface area contributed by atoms with Gasteiger partial charge < -0.3 is 10.2 Å². The molecule has 0 saturated carbocycles. The minimum absolute atomic E-state index is 0.107. The smallest absolute Gasteiger partial charge is 0.273 e. The van der Waals surface area contributed by atoms with Gasteiger partial charge in [0.05, 0.1) is 6.04 Å². The summed E-state index contributed by atoms with van der Waals surface area (Å²) < 4.78 is 0. The van der Waals surface area contributed by atoms with Crippen molar-refractivity contribution in [1.29, 1.82) is 0 Å². The fourth-order valence-corrected chi connectivity index (χ4v) is 4.18. The van der Waals surface area contributed by atoms with E-state index in [9.17, 15) is 4.79 Å². The standard InChI is InChI=1S/C12H17N3OS2/c16-12(15-4-6-17-7-5-15)10-8-18-11(14-10)9-2-1-3-13-9/h8-9,13H,1-7H2. The molecule has 18 heavy (non-hydrogen) atoms. The SMILES string of the molecule is O=C(c1csc(C2CCCN2)n1)N1CCSCC1. The molecule has 2 saturated heterocycles. The maximum absolute atomic E-state index is 12.3. The third kappa shape index (κ3) is 2.55. The molecular weight excluding hydrogens is 266 g/mol. The van der Waals surface area contributed by atoms with Gasteiger partial charge in [-0.15, -0.1) is 11.3 Å². The summed E-state index contributed by atoms with van der Waals surface area (Å²) in [4.78, 5) is 18.7. The molecule has 2 fully saturated rings. The molecule has 1 aromatic rings. The molecule has 2 aliphatic heterocycles. The quantitative estimate of drug-likeness (QED) is 0.898. The van der Waals surface area contributed by atoms with Gasteiger partial charge in [-0.25, -0.2) is 4.98 Å². The molecule has 0 radical (unpaired) electrons. The van der Waals surface area contributed by atoms with Crippen LogP contribution in [0.4, 0.5) is 0 Å². The second-order valence-corrected chi connectivity index (χ2v) is 6.74. The summed E-state index contributed by atoms with van der Waals surface area (Å²) in [5, 5.41) is 6.41. The lowest BCUT2D eigenvalue weighted by atomic mass is 10.2. The fourth-order valence-electron chi connectivity index (χ4n) is 2.37. The molecule has 2 aliphatic rings. The molecule has 0 aliphatic carbocycles. The topological polar surface area (TPSA) is 45.2 Å². The number of hydrogen-bond donors (Lipinski definition) is 1. The van der Waals surface area contributed by atoms with Gasteiger partial charge in [0, 0.05) is 30.0 Å². The van der Waals surface area contributed by atoms with Gasteiger partial charge in [0.25, 0.3) is 5.91 Å². The Bertz CT molecular complexity index is 423. The van der Waals surface area contributed by atoms with Crippen molar-refractivity contribution < 1.29 is 4.79 Å². The average Bonchev–Trinajstić information content (AvgIpc) is 3.09. The van der Waals surface area contributed by atoms with Crippen molar-refractivity contribution in [3.05, 3.63) is 16.1 Å². The maximum atomic E-state index is 12.3. The van der Waals surface area contributed by atoms with Crippen LogP contribution in [0.5, 0.6) is 0 Å². The molecule has 0 spiro atoms. The Morgan fingerprint density at radius 2 is 2.28 bits per heavy atom. The number of thioether (sulfide) groups is 1. The van der Waals surface area contributed by atoms with E-state index in [-0.39, 0.29) is 5.91 Å². The van der Waals surface area contributed by atoms with Gasteiger partial charge in [0.2, 0.25) is 0 Å². The van der Waals surface area contributed by atoms with Crippen LogP contribution in [-0.2, 0) is 0 Å². The first-order valence-electron chi connectivity index (χ1n) is 6.40. The van der Waals surface area contributed by atoms with Gasteiger partial charge >= 0.3 is 0 Å². The number of nitrogens with one attached hydrogen (secondary N) is 1. The van der Waals surface area contributed by atoms with Crippen LogP contribution in [0.2, 0.25) is 0 Å². The van der Waals surface area contributed by atoms with Crippen molar-refractivity contribution in [3.8, 4) is 0 Å². The minimum Gasteiger partial charge on any atom is -0.336 e. The summed E-state index contributed by atoms with van der Waals surface area (Å²) in [5.41, 5.74) is 0.635. The van der Waals surface area contributed by atoms with Crippen LogP contribution in [0.3, 0.4) is 0 Å². The van der Waals surface area contributed by atoms with E-state index in [1.165, 1.54) is 6.42 Å². The van der Waals surface area contributed by atoms with E-state index >= 15 is 0 Å². The Morgan fingerprint density at radius 1 is 1.44 bits per heavy atom. The average molecular weight is 283 g/mol. The Balaban J connectivity index is 1.69. The molecule has 1 amide bonds. The Kier molecular flexibility index (Phi) is 3.86. The van der Waals surface area contributed by atoms with E-state index in [1.54, 1.807) is 11.3 Å². The fraction of sp³-hybridized carbons (Fsp3) is 0.667. The largest absolute Gasteiger partial charge is 0.336 e. The summed E-state index contributed by atoms with van der Waals surface area (Å²) in [6, 6.07) is 0.369. The van der Waals surface area contributed by atoms with Crippen molar-refractivity contribution in [2.45, 2.75) is 18.9 Å². The number of carbonyl (C=O) groups is 1. The highest BCUT2D eigenvalue weighted by Crippen LogP contribution is 2.26. The third-order valence-corrected chi connectivity index (χ3v) is 5.30. The first kappa shape index (κ1) is 12.4. The van der Waals surface area contributed by atoms with Crippen molar-refractivity contribution >= 4 is 29.0 Å². The van der Waals surface area contributed by atoms with E-state index in [4.69, 9.17) is 0 Å². The van der Waals surface area contributed by atoms with Crippen LogP contribution in [0.25, 0.3) is 0 Å². The normalized spacial score (nSPS) is 24.4. The second-order valence-electron chi connectivity index (χ2n) is 4.62. The Hall–Kier alpha value is -0.590. The van der Waals surface area contributed by atoms with Crippen LogP contribution in [-0.4, -0.2) is 46.9 Å². The van der Waals surface area contributed by atoms with E-state index in [1.807, 2.05) is 22.0 Å². The van der Waals surface area contributed by atoms with Gasteiger partial charge in [-0.1, -0.05) is 0 Å². The van der Waals surface area contributed by atoms with E-state index in [0.29, 0.717) is 11.7 Å². The van der Waals surface area contributed by atoms with Crippen molar-refractivity contribution in [1.82, 2.24) is 15.2 Å². The number of carbonyl (C=O) groups excluding carboxylic acids is 1. The van der Waals surface area contributed by atoms with Gasteiger partial charge in [-0.3, -0.25) is 4.79 Å². The van der Waals surface area contributed by atoms with E-state index in [2.05, 4.69) is 10.3 Å². The monoisotopic (exact) mass is 283 g/mol. The molecule has 1 atom stereocenters. The molecule has 1 unspecified atom stereocenters. The molecular formula is C12H17N3OS2. The zero-order valence-electron chi connectivity index (χ0n) is 10.2. The summed E-state index contributed by atoms with van der Waals surface area (Å²) in [7, 11) is 0. The predicted molar refractivity (Wildman–Crippen MR) is 75.3 cm³/mol. The van der Waals surface area contributed by atoms with Crippen LogP contribution in [0, 0.1) is 0 Å². The maximum Gasteiger partial charge on any atom is 0.273 e. The lowest BCUT2D eigenvalue weighted by Gasteiger charge is -2.25.